The Bertz CT molecular complexity index is 710. The highest BCUT2D eigenvalue weighted by atomic mass is 31.2. The number of esters is 1. The van der Waals surface area contributed by atoms with Crippen molar-refractivity contribution in [3.05, 3.63) is 0 Å². The Hall–Kier alpha value is -0.660. The van der Waals surface area contributed by atoms with Gasteiger partial charge in [-0.05, 0) is 6.42 Å². The number of methoxy groups -OCH3 is 1. The summed E-state index contributed by atoms with van der Waals surface area (Å²) in [4.78, 5) is 22.0. The van der Waals surface area contributed by atoms with Crippen molar-refractivity contribution >= 4 is 13.8 Å². The van der Waals surface area contributed by atoms with E-state index in [9.17, 15) is 39.8 Å². The largest absolute Gasteiger partial charge is 0.472 e. The number of phosphoric ester groups is 1. The minimum Gasteiger partial charge on any atom is -0.463 e. The fourth-order valence-corrected chi connectivity index (χ4v) is 5.74. The van der Waals surface area contributed by atoms with Gasteiger partial charge in [-0.3, -0.25) is 13.8 Å². The molecule has 0 radical (unpaired) electrons. The molecule has 0 bridgehead atoms. The third kappa shape index (κ3) is 16.1. The van der Waals surface area contributed by atoms with Crippen LogP contribution in [0.3, 0.4) is 0 Å². The third-order valence-corrected chi connectivity index (χ3v) is 8.48. The Morgan fingerprint density at radius 3 is 1.54 bits per heavy atom. The minimum atomic E-state index is -4.91. The maximum Gasteiger partial charge on any atom is 0.472 e. The highest BCUT2D eigenvalue weighted by Crippen LogP contribution is 2.47. The Morgan fingerprint density at radius 2 is 1.10 bits per heavy atom. The summed E-state index contributed by atoms with van der Waals surface area (Å²) in [5.74, 6) is -0.417. The van der Waals surface area contributed by atoms with Crippen molar-refractivity contribution in [2.24, 2.45) is 0 Å². The number of rotatable bonds is 24. The SMILES string of the molecule is CCCCCCCCCCCCCCCCCC(=O)OC[C@H](COP(=O)(O)OC1[C@H](O)[C@H](O)C(O)[C@H](O)[C@H]1O)OC. The first-order valence-electron chi connectivity index (χ1n) is 15.3. The quantitative estimate of drug-likeness (QED) is 0.0529. The van der Waals surface area contributed by atoms with Crippen LogP contribution < -0.4 is 0 Å². The lowest BCUT2D eigenvalue weighted by Crippen LogP contribution is -2.64. The van der Waals surface area contributed by atoms with Crippen molar-refractivity contribution in [3.63, 3.8) is 0 Å². The van der Waals surface area contributed by atoms with Gasteiger partial charge in [-0.15, -0.1) is 0 Å². The topological polar surface area (TPSA) is 192 Å². The number of carbonyl (C=O) groups excluding carboxylic acids is 1. The number of unbranched alkanes of at least 4 members (excludes halogenated alkanes) is 14. The van der Waals surface area contributed by atoms with Crippen molar-refractivity contribution in [1.82, 2.24) is 0 Å². The molecule has 12 nitrogen and oxygen atoms in total. The smallest absolute Gasteiger partial charge is 0.463 e. The lowest BCUT2D eigenvalue weighted by molar-refractivity contribution is -0.220. The maximum absolute atomic E-state index is 12.3. The van der Waals surface area contributed by atoms with Crippen LogP contribution in [0.4, 0.5) is 0 Å². The number of aliphatic hydroxyl groups is 5. The highest BCUT2D eigenvalue weighted by Gasteiger charge is 2.51. The summed E-state index contributed by atoms with van der Waals surface area (Å²) in [6, 6.07) is 0. The van der Waals surface area contributed by atoms with E-state index < -0.39 is 63.1 Å². The molecule has 0 heterocycles. The molecule has 13 heteroatoms. The van der Waals surface area contributed by atoms with Crippen LogP contribution in [0.2, 0.25) is 0 Å². The molecule has 0 aromatic rings. The predicted molar refractivity (Wildman–Crippen MR) is 152 cm³/mol. The zero-order chi connectivity index (χ0) is 30.7. The third-order valence-electron chi connectivity index (χ3n) is 7.50. The first-order valence-corrected chi connectivity index (χ1v) is 16.8. The van der Waals surface area contributed by atoms with Crippen LogP contribution >= 0.6 is 7.82 Å². The number of carbonyl (C=O) groups is 1. The van der Waals surface area contributed by atoms with Crippen LogP contribution in [0.25, 0.3) is 0 Å². The molecule has 0 aromatic heterocycles. The van der Waals surface area contributed by atoms with E-state index in [1.807, 2.05) is 0 Å². The van der Waals surface area contributed by atoms with E-state index >= 15 is 0 Å². The van der Waals surface area contributed by atoms with Crippen LogP contribution in [0, 0.1) is 0 Å². The number of phosphoric acid groups is 1. The predicted octanol–water partition coefficient (Wildman–Crippen LogP) is 3.13. The van der Waals surface area contributed by atoms with Crippen LogP contribution in [-0.4, -0.2) is 99.4 Å². The van der Waals surface area contributed by atoms with Gasteiger partial charge < -0.3 is 39.9 Å². The summed E-state index contributed by atoms with van der Waals surface area (Å²) in [5, 5.41) is 49.0. The zero-order valence-electron chi connectivity index (χ0n) is 24.8. The molecule has 0 aliphatic heterocycles. The summed E-state index contributed by atoms with van der Waals surface area (Å²) in [6.07, 6.45) is 6.24. The summed E-state index contributed by atoms with van der Waals surface area (Å²) in [5.41, 5.74) is 0. The maximum atomic E-state index is 12.3. The monoisotopic (exact) mass is 614 g/mol. The van der Waals surface area contributed by atoms with Gasteiger partial charge in [0.15, 0.2) is 0 Å². The number of aliphatic hydroxyl groups excluding tert-OH is 5. The molecule has 0 amide bonds. The molecule has 1 aliphatic carbocycles. The first-order chi connectivity index (χ1) is 19.5. The van der Waals surface area contributed by atoms with E-state index in [0.29, 0.717) is 6.42 Å². The average molecular weight is 615 g/mol. The van der Waals surface area contributed by atoms with Crippen LogP contribution in [-0.2, 0) is 27.9 Å². The van der Waals surface area contributed by atoms with Crippen LogP contribution in [0.15, 0.2) is 0 Å². The molecule has 41 heavy (non-hydrogen) atoms. The molecule has 0 saturated heterocycles. The second-order valence-electron chi connectivity index (χ2n) is 11.0. The van der Waals surface area contributed by atoms with E-state index in [2.05, 4.69) is 6.92 Å². The fourth-order valence-electron chi connectivity index (χ4n) is 4.77. The molecule has 1 aliphatic rings. The van der Waals surface area contributed by atoms with Gasteiger partial charge in [-0.1, -0.05) is 96.8 Å². The van der Waals surface area contributed by atoms with E-state index in [-0.39, 0.29) is 13.0 Å². The molecule has 0 aromatic carbocycles. The second-order valence-corrected chi connectivity index (χ2v) is 12.4. The van der Waals surface area contributed by atoms with Gasteiger partial charge in [0.1, 0.15) is 49.3 Å². The number of hydrogen-bond donors (Lipinski definition) is 6. The van der Waals surface area contributed by atoms with Crippen molar-refractivity contribution in [3.8, 4) is 0 Å². The van der Waals surface area contributed by atoms with Crippen LogP contribution in [0.1, 0.15) is 110 Å². The molecular formula is C28H55O12P. The molecule has 1 saturated carbocycles. The minimum absolute atomic E-state index is 0.230. The summed E-state index contributed by atoms with van der Waals surface area (Å²) < 4.78 is 32.1. The van der Waals surface area contributed by atoms with Gasteiger partial charge in [-0.2, -0.15) is 0 Å². The molecule has 1 rings (SSSR count). The number of ether oxygens (including phenoxy) is 2. The Balaban J connectivity index is 2.12. The Morgan fingerprint density at radius 1 is 0.683 bits per heavy atom. The van der Waals surface area contributed by atoms with Crippen molar-refractivity contribution < 1.29 is 58.3 Å². The van der Waals surface area contributed by atoms with E-state index in [1.54, 1.807) is 0 Å². The molecule has 8 atom stereocenters. The summed E-state index contributed by atoms with van der Waals surface area (Å²) >= 11 is 0. The van der Waals surface area contributed by atoms with E-state index in [0.717, 1.165) is 19.3 Å². The van der Waals surface area contributed by atoms with E-state index in [4.69, 9.17) is 18.5 Å². The molecule has 244 valence electrons. The molecular weight excluding hydrogens is 559 g/mol. The van der Waals surface area contributed by atoms with Gasteiger partial charge >= 0.3 is 13.8 Å². The van der Waals surface area contributed by atoms with Crippen molar-refractivity contribution in [1.29, 1.82) is 0 Å². The Kier molecular flexibility index (Phi) is 20.5. The molecule has 0 spiro atoms. The Labute approximate surface area is 245 Å². The molecule has 3 unspecified atom stereocenters. The number of hydrogen-bond acceptors (Lipinski definition) is 11. The van der Waals surface area contributed by atoms with Gasteiger partial charge in [0, 0.05) is 13.5 Å². The summed E-state index contributed by atoms with van der Waals surface area (Å²) in [7, 11) is -3.62. The van der Waals surface area contributed by atoms with Gasteiger partial charge in [-0.25, -0.2) is 4.57 Å². The van der Waals surface area contributed by atoms with Crippen molar-refractivity contribution in [2.75, 3.05) is 20.3 Å². The highest BCUT2D eigenvalue weighted by molar-refractivity contribution is 7.47. The average Bonchev–Trinajstić information content (AvgIpc) is 2.95. The molecule has 1 fully saturated rings. The van der Waals surface area contributed by atoms with E-state index in [1.165, 1.54) is 77.7 Å². The normalized spacial score (nSPS) is 26.9. The molecule has 6 N–H and O–H groups in total. The van der Waals surface area contributed by atoms with Gasteiger partial charge in [0.2, 0.25) is 0 Å². The lowest BCUT2D eigenvalue weighted by Gasteiger charge is -2.41. The first kappa shape index (κ1) is 38.4. The van der Waals surface area contributed by atoms with Crippen molar-refractivity contribution in [2.45, 2.75) is 152 Å². The van der Waals surface area contributed by atoms with Gasteiger partial charge in [0.25, 0.3) is 0 Å². The van der Waals surface area contributed by atoms with Crippen LogP contribution in [0.5, 0.6) is 0 Å². The zero-order valence-corrected chi connectivity index (χ0v) is 25.7. The van der Waals surface area contributed by atoms with Gasteiger partial charge in [0.05, 0.1) is 6.61 Å². The second kappa shape index (κ2) is 21.9. The standard InChI is InChI=1S/C28H55O12P/c1-3-4-5-6-7-8-9-10-11-12-13-14-15-16-17-18-22(29)38-19-21(37-2)20-39-41(35,36)40-28-26(33)24(31)23(30)25(32)27(28)34/h21,23-28,30-34H,3-20H2,1-2H3,(H,35,36)/t21-,23?,24-,25+,26-,27-,28?/m1/s1. The lowest BCUT2D eigenvalue weighted by atomic mass is 9.85. The summed E-state index contributed by atoms with van der Waals surface area (Å²) in [6.45, 7) is 1.49. The fraction of sp³-hybridized carbons (Fsp3) is 0.964.